The number of hydrogen-bond donors (Lipinski definition) is 1. The molecule has 0 radical (unpaired) electrons. The number of rotatable bonds is 33. The van der Waals surface area contributed by atoms with Crippen LogP contribution in [0.3, 0.4) is 0 Å². The van der Waals surface area contributed by atoms with Gasteiger partial charge in [-0.25, -0.2) is 0 Å². The van der Waals surface area contributed by atoms with Crippen molar-refractivity contribution in [2.24, 2.45) is 17.8 Å². The number of hydrogen-bond acceptors (Lipinski definition) is 10. The Morgan fingerprint density at radius 3 is 1.13 bits per heavy atom. The summed E-state index contributed by atoms with van der Waals surface area (Å²) in [5, 5.41) is 11.4. The summed E-state index contributed by atoms with van der Waals surface area (Å²) in [6, 6.07) is 3.80. The van der Waals surface area contributed by atoms with Gasteiger partial charge in [0.15, 0.2) is 0 Å². The first-order valence-electron chi connectivity index (χ1n) is 21.2. The van der Waals surface area contributed by atoms with Crippen molar-refractivity contribution in [1.29, 1.82) is 0 Å². The van der Waals surface area contributed by atoms with Crippen LogP contribution in [0.1, 0.15) is 174 Å². The van der Waals surface area contributed by atoms with Crippen LogP contribution in [0.2, 0.25) is 0 Å². The standard InChI is InChI=1S/C45H72O7S3/c1-7-13-16-33(10-4)30-50-42(46)22-19-39(53)27-36-25-37(28-40(54)20-23-43(47)51-31-34(11-5)17-14-8-2)45(49)38(26-36)29-41(55)21-24-44(48)52-32-35(12-6)18-15-9-3/h25-26,33-35,49H,7-24,27-32H2,1-6H3. The molecular weight excluding hydrogens is 749 g/mol. The number of esters is 3. The predicted molar refractivity (Wildman–Crippen MR) is 238 cm³/mol. The lowest BCUT2D eigenvalue weighted by molar-refractivity contribution is -0.145. The number of phenolic OH excluding ortho intramolecular Hbond substituents is 1. The maximum atomic E-state index is 12.6. The van der Waals surface area contributed by atoms with Gasteiger partial charge < -0.3 is 19.3 Å². The van der Waals surface area contributed by atoms with Crippen molar-refractivity contribution >= 4 is 69.2 Å². The largest absolute Gasteiger partial charge is 0.507 e. The van der Waals surface area contributed by atoms with Gasteiger partial charge in [0.2, 0.25) is 0 Å². The fourth-order valence-corrected chi connectivity index (χ4v) is 7.17. The average Bonchev–Trinajstić information content (AvgIpc) is 3.17. The molecule has 0 amide bonds. The van der Waals surface area contributed by atoms with Gasteiger partial charge in [0.05, 0.1) is 39.1 Å². The van der Waals surface area contributed by atoms with Gasteiger partial charge in [-0.3, -0.25) is 14.4 Å². The highest BCUT2D eigenvalue weighted by molar-refractivity contribution is 7.80. The van der Waals surface area contributed by atoms with Crippen molar-refractivity contribution in [3.8, 4) is 5.75 Å². The first kappa shape index (κ1) is 50.7. The molecule has 312 valence electrons. The smallest absolute Gasteiger partial charge is 0.306 e. The Labute approximate surface area is 349 Å². The zero-order valence-corrected chi connectivity index (χ0v) is 37.4. The molecule has 0 bridgehead atoms. The lowest BCUT2D eigenvalue weighted by Gasteiger charge is -2.16. The van der Waals surface area contributed by atoms with E-state index in [1.54, 1.807) is 0 Å². The number of carbonyl (C=O) groups is 3. The molecule has 1 aromatic carbocycles. The maximum Gasteiger partial charge on any atom is 0.306 e. The third kappa shape index (κ3) is 23.5. The minimum atomic E-state index is -0.263. The first-order chi connectivity index (χ1) is 26.4. The van der Waals surface area contributed by atoms with E-state index in [1.165, 1.54) is 0 Å². The summed E-state index contributed by atoms with van der Waals surface area (Å²) < 4.78 is 16.7. The number of carbonyl (C=O) groups excluding carboxylic acids is 3. The summed E-state index contributed by atoms with van der Waals surface area (Å²) in [5.41, 5.74) is 2.15. The van der Waals surface area contributed by atoms with Gasteiger partial charge in [-0.1, -0.05) is 148 Å². The monoisotopic (exact) mass is 820 g/mol. The minimum Gasteiger partial charge on any atom is -0.507 e. The number of phenols is 1. The topological polar surface area (TPSA) is 99.1 Å². The molecule has 10 heteroatoms. The van der Waals surface area contributed by atoms with Crippen molar-refractivity contribution in [3.63, 3.8) is 0 Å². The van der Waals surface area contributed by atoms with E-state index < -0.39 is 0 Å². The molecule has 1 N–H and O–H groups in total. The van der Waals surface area contributed by atoms with Gasteiger partial charge in [-0.15, -0.1) is 0 Å². The molecule has 0 heterocycles. The number of thiocarbonyl (C=S) groups is 3. The molecule has 0 saturated carbocycles. The molecule has 0 aliphatic carbocycles. The van der Waals surface area contributed by atoms with E-state index in [4.69, 9.17) is 50.9 Å². The minimum absolute atomic E-state index is 0.102. The Balaban J connectivity index is 2.98. The van der Waals surface area contributed by atoms with E-state index in [0.29, 0.717) is 102 Å². The molecular formula is C45H72O7S3. The van der Waals surface area contributed by atoms with Gasteiger partial charge >= 0.3 is 17.9 Å². The third-order valence-corrected chi connectivity index (χ3v) is 11.4. The Bertz CT molecular complexity index is 1260. The van der Waals surface area contributed by atoms with Crippen molar-refractivity contribution in [3.05, 3.63) is 28.8 Å². The molecule has 1 aromatic rings. The fourth-order valence-electron chi connectivity index (χ4n) is 6.39. The van der Waals surface area contributed by atoms with E-state index in [0.717, 1.165) is 82.6 Å². The van der Waals surface area contributed by atoms with Crippen LogP contribution in [0.4, 0.5) is 0 Å². The lowest BCUT2D eigenvalue weighted by Crippen LogP contribution is -2.15. The summed E-state index contributed by atoms with van der Waals surface area (Å²) in [7, 11) is 0. The van der Waals surface area contributed by atoms with Crippen molar-refractivity contribution in [2.45, 2.75) is 176 Å². The second-order valence-electron chi connectivity index (χ2n) is 15.2. The van der Waals surface area contributed by atoms with Crippen LogP contribution in [0.5, 0.6) is 5.75 Å². The quantitative estimate of drug-likeness (QED) is 0.0419. The molecule has 3 atom stereocenters. The first-order valence-corrected chi connectivity index (χ1v) is 22.5. The zero-order valence-electron chi connectivity index (χ0n) is 35.0. The van der Waals surface area contributed by atoms with Gasteiger partial charge in [0.25, 0.3) is 0 Å². The molecule has 0 aliphatic rings. The summed E-state index contributed by atoms with van der Waals surface area (Å²) in [6.45, 7) is 14.2. The molecule has 7 nitrogen and oxygen atoms in total. The summed E-state index contributed by atoms with van der Waals surface area (Å²) in [6.07, 6.45) is 15.6. The van der Waals surface area contributed by atoms with Crippen LogP contribution in [-0.2, 0) is 47.9 Å². The van der Waals surface area contributed by atoms with Crippen molar-refractivity contribution in [1.82, 2.24) is 0 Å². The van der Waals surface area contributed by atoms with Crippen LogP contribution in [0, 0.1) is 17.8 Å². The van der Waals surface area contributed by atoms with E-state index >= 15 is 0 Å². The summed E-state index contributed by atoms with van der Waals surface area (Å²) in [4.78, 5) is 39.7. The predicted octanol–water partition coefficient (Wildman–Crippen LogP) is 11.7. The van der Waals surface area contributed by atoms with Gasteiger partial charge in [-0.2, -0.15) is 0 Å². The van der Waals surface area contributed by atoms with Crippen LogP contribution in [-0.4, -0.2) is 57.4 Å². The van der Waals surface area contributed by atoms with E-state index in [1.807, 2.05) is 12.1 Å². The van der Waals surface area contributed by atoms with Crippen molar-refractivity contribution < 1.29 is 33.7 Å². The highest BCUT2D eigenvalue weighted by Crippen LogP contribution is 2.29. The Morgan fingerprint density at radius 2 is 0.836 bits per heavy atom. The maximum absolute atomic E-state index is 12.6. The van der Waals surface area contributed by atoms with Gasteiger partial charge in [-0.05, 0) is 87.6 Å². The lowest BCUT2D eigenvalue weighted by atomic mass is 9.94. The second kappa shape index (κ2) is 30.8. The Hall–Kier alpha value is -2.30. The normalized spacial score (nSPS) is 12.8. The van der Waals surface area contributed by atoms with Crippen LogP contribution >= 0.6 is 36.7 Å². The average molecular weight is 821 g/mol. The molecule has 0 aromatic heterocycles. The van der Waals surface area contributed by atoms with E-state index in [-0.39, 0.29) is 42.9 Å². The van der Waals surface area contributed by atoms with E-state index in [2.05, 4.69) is 41.5 Å². The molecule has 0 aliphatic heterocycles. The molecule has 55 heavy (non-hydrogen) atoms. The van der Waals surface area contributed by atoms with Crippen LogP contribution in [0.25, 0.3) is 0 Å². The Kier molecular flexibility index (Phi) is 28.4. The highest BCUT2D eigenvalue weighted by Gasteiger charge is 2.18. The second-order valence-corrected chi connectivity index (χ2v) is 16.9. The molecule has 3 unspecified atom stereocenters. The summed E-state index contributed by atoms with van der Waals surface area (Å²) >= 11 is 17.2. The molecule has 0 fully saturated rings. The molecule has 0 spiro atoms. The number of ether oxygens (including phenoxy) is 3. The molecule has 1 rings (SSSR count). The zero-order chi connectivity index (χ0) is 41.0. The van der Waals surface area contributed by atoms with Gasteiger partial charge in [0, 0.05) is 19.3 Å². The number of benzene rings is 1. The number of aromatic hydroxyl groups is 1. The molecule has 0 saturated heterocycles. The fraction of sp³-hybridized carbons (Fsp3) is 0.733. The van der Waals surface area contributed by atoms with Gasteiger partial charge in [0.1, 0.15) is 5.75 Å². The highest BCUT2D eigenvalue weighted by atomic mass is 32.1. The SMILES string of the molecule is CCCCC(CC)COC(=O)CCC(=S)Cc1cc(CC(=S)CCC(=O)OCC(CC)CCCC)c(O)c(CC(=S)CCC(=O)OCC(CC)CCCC)c1. The Morgan fingerprint density at radius 1 is 0.527 bits per heavy atom. The number of unbranched alkanes of at least 4 members (excludes halogenated alkanes) is 3. The van der Waals surface area contributed by atoms with Crippen LogP contribution in [0.15, 0.2) is 12.1 Å². The van der Waals surface area contributed by atoms with Crippen LogP contribution < -0.4 is 0 Å². The summed E-state index contributed by atoms with van der Waals surface area (Å²) in [5.74, 6) is 0.457. The third-order valence-electron chi connectivity index (χ3n) is 10.4. The van der Waals surface area contributed by atoms with E-state index in [9.17, 15) is 19.5 Å². The van der Waals surface area contributed by atoms with Crippen molar-refractivity contribution in [2.75, 3.05) is 19.8 Å².